The van der Waals surface area contributed by atoms with Gasteiger partial charge in [-0.1, -0.05) is 48.6 Å². The first-order valence-electron chi connectivity index (χ1n) is 6.54. The summed E-state index contributed by atoms with van der Waals surface area (Å²) in [5.74, 6) is 0.761. The van der Waals surface area contributed by atoms with Crippen LogP contribution in [0.4, 0.5) is 0 Å². The van der Waals surface area contributed by atoms with E-state index in [0.717, 1.165) is 36.2 Å². The number of hydrogen-bond donors (Lipinski definition) is 0. The van der Waals surface area contributed by atoms with Gasteiger partial charge in [0.25, 0.3) is 0 Å². The SMILES string of the molecule is C=N/C(C1=CC=CCC1)=C(/C=O)SCc1ccccc1. The molecule has 1 aliphatic carbocycles. The number of thioether (sulfide) groups is 1. The fraction of sp³-hybridized carbons (Fsp3) is 0.176. The Hall–Kier alpha value is -1.87. The maximum Gasteiger partial charge on any atom is 0.158 e. The molecule has 0 aromatic heterocycles. The molecule has 0 amide bonds. The van der Waals surface area contributed by atoms with E-state index in [0.29, 0.717) is 4.91 Å². The molecule has 0 atom stereocenters. The summed E-state index contributed by atoms with van der Waals surface area (Å²) in [6.07, 6.45) is 8.92. The number of nitrogens with zero attached hydrogens (tertiary/aromatic N) is 1. The van der Waals surface area contributed by atoms with Crippen molar-refractivity contribution in [1.29, 1.82) is 0 Å². The average molecular weight is 283 g/mol. The lowest BCUT2D eigenvalue weighted by molar-refractivity contribution is -0.104. The van der Waals surface area contributed by atoms with Crippen LogP contribution >= 0.6 is 11.8 Å². The van der Waals surface area contributed by atoms with Crippen molar-refractivity contribution in [3.8, 4) is 0 Å². The third-order valence-electron chi connectivity index (χ3n) is 3.05. The van der Waals surface area contributed by atoms with Gasteiger partial charge in [-0.2, -0.15) is 0 Å². The number of carbonyl (C=O) groups is 1. The van der Waals surface area contributed by atoms with Crippen LogP contribution in [0.25, 0.3) is 0 Å². The van der Waals surface area contributed by atoms with Gasteiger partial charge in [0.05, 0.1) is 10.6 Å². The van der Waals surface area contributed by atoms with Crippen LogP contribution in [0.1, 0.15) is 18.4 Å². The van der Waals surface area contributed by atoms with E-state index < -0.39 is 0 Å². The van der Waals surface area contributed by atoms with Gasteiger partial charge in [0, 0.05) is 5.75 Å². The molecular weight excluding hydrogens is 266 g/mol. The van der Waals surface area contributed by atoms with Crippen LogP contribution in [-0.2, 0) is 10.5 Å². The van der Waals surface area contributed by atoms with E-state index in [4.69, 9.17) is 0 Å². The summed E-state index contributed by atoms with van der Waals surface area (Å²) >= 11 is 1.51. The van der Waals surface area contributed by atoms with Crippen molar-refractivity contribution in [2.45, 2.75) is 18.6 Å². The topological polar surface area (TPSA) is 29.4 Å². The molecule has 0 spiro atoms. The monoisotopic (exact) mass is 283 g/mol. The van der Waals surface area contributed by atoms with E-state index in [2.05, 4.69) is 29.9 Å². The largest absolute Gasteiger partial charge is 0.297 e. The zero-order valence-corrected chi connectivity index (χ0v) is 12.1. The molecule has 20 heavy (non-hydrogen) atoms. The first kappa shape index (κ1) is 14.5. The molecular formula is C17H17NOS. The summed E-state index contributed by atoms with van der Waals surface area (Å²) in [4.78, 5) is 16.1. The normalized spacial score (nSPS) is 15.3. The molecule has 0 saturated heterocycles. The average Bonchev–Trinajstić information content (AvgIpc) is 2.53. The van der Waals surface area contributed by atoms with Crippen molar-refractivity contribution >= 4 is 24.8 Å². The minimum absolute atomic E-state index is 0.658. The Morgan fingerprint density at radius 1 is 1.35 bits per heavy atom. The standard InChI is InChI=1S/C17H17NOS/c1-18-17(15-10-6-3-7-11-15)16(12-19)20-13-14-8-4-2-5-9-14/h2-6,8-10,12H,1,7,11,13H2/b17-16-. The molecule has 0 bridgehead atoms. The Morgan fingerprint density at radius 2 is 2.15 bits per heavy atom. The number of hydrogen-bond acceptors (Lipinski definition) is 3. The highest BCUT2D eigenvalue weighted by molar-refractivity contribution is 8.03. The summed E-state index contributed by atoms with van der Waals surface area (Å²) in [7, 11) is 0. The Labute approximate surface area is 124 Å². The smallest absolute Gasteiger partial charge is 0.158 e. The minimum atomic E-state index is 0.658. The van der Waals surface area contributed by atoms with E-state index in [1.54, 1.807) is 0 Å². The van der Waals surface area contributed by atoms with Crippen molar-refractivity contribution < 1.29 is 4.79 Å². The summed E-state index contributed by atoms with van der Waals surface area (Å²) in [6, 6.07) is 10.1. The molecule has 0 radical (unpaired) electrons. The number of carbonyl (C=O) groups excluding carboxylic acids is 1. The molecule has 1 aromatic carbocycles. The van der Waals surface area contributed by atoms with Crippen LogP contribution in [0.2, 0.25) is 0 Å². The van der Waals surface area contributed by atoms with Crippen LogP contribution in [0.15, 0.2) is 69.7 Å². The predicted octanol–water partition coefficient (Wildman–Crippen LogP) is 4.31. The molecule has 102 valence electrons. The highest BCUT2D eigenvalue weighted by Gasteiger charge is 2.12. The van der Waals surface area contributed by atoms with E-state index in [1.807, 2.05) is 30.4 Å². The molecule has 1 aromatic rings. The zero-order chi connectivity index (χ0) is 14.2. The van der Waals surface area contributed by atoms with Crippen LogP contribution < -0.4 is 0 Å². The summed E-state index contributed by atoms with van der Waals surface area (Å²) in [6.45, 7) is 3.62. The lowest BCUT2D eigenvalue weighted by atomic mass is 10.0. The zero-order valence-electron chi connectivity index (χ0n) is 11.3. The lowest BCUT2D eigenvalue weighted by Crippen LogP contribution is -1.96. The summed E-state index contributed by atoms with van der Waals surface area (Å²) < 4.78 is 0. The van der Waals surface area contributed by atoms with Gasteiger partial charge in [-0.25, -0.2) is 0 Å². The molecule has 2 nitrogen and oxygen atoms in total. The van der Waals surface area contributed by atoms with Crippen LogP contribution in [-0.4, -0.2) is 13.0 Å². The second-order valence-electron chi connectivity index (χ2n) is 4.42. The predicted molar refractivity (Wildman–Crippen MR) is 86.8 cm³/mol. The van der Waals surface area contributed by atoms with Crippen LogP contribution in [0.3, 0.4) is 0 Å². The van der Waals surface area contributed by atoms with Crippen molar-refractivity contribution in [1.82, 2.24) is 0 Å². The van der Waals surface area contributed by atoms with Gasteiger partial charge in [-0.3, -0.25) is 9.79 Å². The highest BCUT2D eigenvalue weighted by atomic mass is 32.2. The van der Waals surface area contributed by atoms with E-state index in [-0.39, 0.29) is 0 Å². The van der Waals surface area contributed by atoms with Gasteiger partial charge in [-0.05, 0) is 30.7 Å². The second kappa shape index (κ2) is 7.65. The Bertz CT molecular complexity index is 570. The fourth-order valence-corrected chi connectivity index (χ4v) is 2.95. The molecule has 0 unspecified atom stereocenters. The number of allylic oxidation sites excluding steroid dienone is 5. The number of aliphatic imine (C=N–C) groups is 1. The molecule has 0 fully saturated rings. The summed E-state index contributed by atoms with van der Waals surface area (Å²) in [5, 5.41) is 0. The molecule has 0 saturated carbocycles. The van der Waals surface area contributed by atoms with Gasteiger partial charge >= 0.3 is 0 Å². The first-order valence-corrected chi connectivity index (χ1v) is 7.52. The maximum atomic E-state index is 11.4. The Morgan fingerprint density at radius 3 is 2.75 bits per heavy atom. The van der Waals surface area contributed by atoms with Gasteiger partial charge in [0.1, 0.15) is 0 Å². The minimum Gasteiger partial charge on any atom is -0.297 e. The van der Waals surface area contributed by atoms with Crippen molar-refractivity contribution in [3.63, 3.8) is 0 Å². The maximum absolute atomic E-state index is 11.4. The molecule has 3 heteroatoms. The molecule has 2 rings (SSSR count). The van der Waals surface area contributed by atoms with Gasteiger partial charge in [-0.15, -0.1) is 11.8 Å². The van der Waals surface area contributed by atoms with Crippen LogP contribution in [0, 0.1) is 0 Å². The van der Waals surface area contributed by atoms with Gasteiger partial charge in [0.2, 0.25) is 0 Å². The number of aldehydes is 1. The van der Waals surface area contributed by atoms with Gasteiger partial charge in [0.15, 0.2) is 6.29 Å². The van der Waals surface area contributed by atoms with Crippen molar-refractivity contribution in [3.05, 3.63) is 70.3 Å². The molecule has 0 aliphatic heterocycles. The van der Waals surface area contributed by atoms with Crippen molar-refractivity contribution in [2.75, 3.05) is 0 Å². The van der Waals surface area contributed by atoms with Crippen molar-refractivity contribution in [2.24, 2.45) is 4.99 Å². The first-order chi connectivity index (χ1) is 9.85. The molecule has 0 heterocycles. The van der Waals surface area contributed by atoms with Gasteiger partial charge < -0.3 is 0 Å². The highest BCUT2D eigenvalue weighted by Crippen LogP contribution is 2.30. The third kappa shape index (κ3) is 3.81. The lowest BCUT2D eigenvalue weighted by Gasteiger charge is -2.12. The third-order valence-corrected chi connectivity index (χ3v) is 4.13. The summed E-state index contributed by atoms with van der Waals surface area (Å²) in [5.41, 5.74) is 3.01. The molecule has 1 aliphatic rings. The van der Waals surface area contributed by atoms with Crippen LogP contribution in [0.5, 0.6) is 0 Å². The van der Waals surface area contributed by atoms with E-state index >= 15 is 0 Å². The Kier molecular flexibility index (Phi) is 5.56. The van der Waals surface area contributed by atoms with E-state index in [1.165, 1.54) is 17.3 Å². The molecule has 0 N–H and O–H groups in total. The second-order valence-corrected chi connectivity index (χ2v) is 5.44. The quantitative estimate of drug-likeness (QED) is 0.442. The Balaban J connectivity index is 2.17. The van der Waals surface area contributed by atoms with E-state index in [9.17, 15) is 4.79 Å². The fourth-order valence-electron chi connectivity index (χ4n) is 2.03. The number of rotatable bonds is 6. The number of benzene rings is 1.